The van der Waals surface area contributed by atoms with Gasteiger partial charge in [0.1, 0.15) is 17.5 Å². The minimum absolute atomic E-state index is 0.166. The average Bonchev–Trinajstić information content (AvgIpc) is 3.13. The van der Waals surface area contributed by atoms with Gasteiger partial charge in [-0.1, -0.05) is 35.9 Å². The zero-order valence-electron chi connectivity index (χ0n) is 15.9. The van der Waals surface area contributed by atoms with Gasteiger partial charge in [-0.3, -0.25) is 0 Å². The maximum Gasteiger partial charge on any atom is 0.248 e. The topological polar surface area (TPSA) is 36.3 Å². The zero-order valence-corrected chi connectivity index (χ0v) is 16.7. The molecule has 0 saturated heterocycles. The van der Waals surface area contributed by atoms with E-state index in [9.17, 15) is 8.78 Å². The van der Waals surface area contributed by atoms with E-state index < -0.39 is 5.92 Å². The number of methoxy groups -OCH3 is 1. The number of hydrogen-bond acceptors (Lipinski definition) is 3. The lowest BCUT2D eigenvalue weighted by molar-refractivity contribution is -0.0587. The molecule has 7 heteroatoms. The smallest absolute Gasteiger partial charge is 0.248 e. The lowest BCUT2D eigenvalue weighted by Gasteiger charge is -2.28. The molecule has 0 N–H and O–H groups in total. The fourth-order valence-corrected chi connectivity index (χ4v) is 3.63. The van der Waals surface area contributed by atoms with Crippen molar-refractivity contribution < 1.29 is 18.3 Å². The molecule has 1 fully saturated rings. The van der Waals surface area contributed by atoms with E-state index in [1.165, 1.54) is 0 Å². The number of halogens is 3. The third-order valence-electron chi connectivity index (χ3n) is 5.11. The van der Waals surface area contributed by atoms with Gasteiger partial charge in [-0.25, -0.2) is 13.5 Å². The number of para-hydroxylation sites is 2. The van der Waals surface area contributed by atoms with E-state index in [2.05, 4.69) is 5.10 Å². The van der Waals surface area contributed by atoms with Gasteiger partial charge in [0.05, 0.1) is 12.7 Å². The van der Waals surface area contributed by atoms with Crippen molar-refractivity contribution in [2.24, 2.45) is 0 Å². The van der Waals surface area contributed by atoms with Gasteiger partial charge < -0.3 is 9.47 Å². The van der Waals surface area contributed by atoms with Crippen LogP contribution in [0.15, 0.2) is 54.7 Å². The van der Waals surface area contributed by atoms with Crippen LogP contribution in [0.1, 0.15) is 25.7 Å². The summed E-state index contributed by atoms with van der Waals surface area (Å²) in [6, 6.07) is 14.9. The summed E-state index contributed by atoms with van der Waals surface area (Å²) in [5.41, 5.74) is 2.41. The SMILES string of the molecule is COc1ccccc1-n1cc(-c2ccc(Cl)cc2)c(OC2CCC(F)(F)CC2)n1. The van der Waals surface area contributed by atoms with Gasteiger partial charge in [0.15, 0.2) is 0 Å². The molecule has 0 radical (unpaired) electrons. The molecule has 1 aliphatic rings. The highest BCUT2D eigenvalue weighted by molar-refractivity contribution is 6.30. The summed E-state index contributed by atoms with van der Waals surface area (Å²) in [5, 5.41) is 5.24. The van der Waals surface area contributed by atoms with Crippen LogP contribution >= 0.6 is 11.6 Å². The van der Waals surface area contributed by atoms with Crippen LogP contribution in [0.4, 0.5) is 8.78 Å². The molecule has 1 aromatic heterocycles. The van der Waals surface area contributed by atoms with Crippen molar-refractivity contribution in [2.45, 2.75) is 37.7 Å². The Kier molecular flexibility index (Phi) is 5.46. The van der Waals surface area contributed by atoms with E-state index in [4.69, 9.17) is 21.1 Å². The molecule has 29 heavy (non-hydrogen) atoms. The first-order chi connectivity index (χ1) is 13.9. The van der Waals surface area contributed by atoms with Crippen molar-refractivity contribution in [1.82, 2.24) is 9.78 Å². The summed E-state index contributed by atoms with van der Waals surface area (Å²) >= 11 is 6.02. The number of aromatic nitrogens is 2. The van der Waals surface area contributed by atoms with Crippen LogP contribution < -0.4 is 9.47 Å². The van der Waals surface area contributed by atoms with E-state index in [1.54, 1.807) is 23.9 Å². The van der Waals surface area contributed by atoms with Crippen LogP contribution in [0.3, 0.4) is 0 Å². The van der Waals surface area contributed by atoms with E-state index in [1.807, 2.05) is 42.6 Å². The molecular weight excluding hydrogens is 398 g/mol. The molecule has 0 aliphatic heterocycles. The third kappa shape index (κ3) is 4.37. The standard InChI is InChI=1S/C22H21ClF2N2O2/c1-28-20-5-3-2-4-19(20)27-14-18(15-6-8-16(23)9-7-15)21(26-27)29-17-10-12-22(24,25)13-11-17/h2-9,14,17H,10-13H2,1H3. The number of rotatable bonds is 5. The first-order valence-electron chi connectivity index (χ1n) is 9.49. The van der Waals surface area contributed by atoms with Gasteiger partial charge in [0, 0.05) is 24.1 Å². The molecule has 0 amide bonds. The van der Waals surface area contributed by atoms with Gasteiger partial charge in [0.25, 0.3) is 0 Å². The number of hydrogen-bond donors (Lipinski definition) is 0. The normalized spacial score (nSPS) is 16.6. The molecular formula is C22H21ClF2N2O2. The molecule has 3 aromatic rings. The van der Waals surface area contributed by atoms with Gasteiger partial charge in [-0.05, 0) is 42.7 Å². The maximum atomic E-state index is 13.5. The fraction of sp³-hybridized carbons (Fsp3) is 0.318. The Balaban J connectivity index is 1.70. The Labute approximate surface area is 173 Å². The van der Waals surface area contributed by atoms with Gasteiger partial charge in [-0.2, -0.15) is 0 Å². The maximum absolute atomic E-state index is 13.5. The number of alkyl halides is 2. The monoisotopic (exact) mass is 418 g/mol. The Hall–Kier alpha value is -2.60. The number of nitrogens with zero attached hydrogens (tertiary/aromatic N) is 2. The van der Waals surface area contributed by atoms with Gasteiger partial charge in [-0.15, -0.1) is 5.10 Å². The summed E-state index contributed by atoms with van der Waals surface area (Å²) in [6.07, 6.45) is 1.83. The first kappa shape index (κ1) is 19.7. The molecule has 1 saturated carbocycles. The van der Waals surface area contributed by atoms with Crippen LogP contribution in [0.5, 0.6) is 11.6 Å². The van der Waals surface area contributed by atoms with Gasteiger partial charge in [0.2, 0.25) is 11.8 Å². The summed E-state index contributed by atoms with van der Waals surface area (Å²) in [4.78, 5) is 0. The minimum atomic E-state index is -2.60. The largest absolute Gasteiger partial charge is 0.494 e. The Bertz CT molecular complexity index is 979. The molecule has 1 heterocycles. The van der Waals surface area contributed by atoms with Crippen LogP contribution in [0, 0.1) is 0 Å². The van der Waals surface area contributed by atoms with Crippen molar-refractivity contribution in [2.75, 3.05) is 7.11 Å². The second-order valence-electron chi connectivity index (χ2n) is 7.14. The minimum Gasteiger partial charge on any atom is -0.494 e. The molecule has 0 unspecified atom stereocenters. The van der Waals surface area contributed by atoms with E-state index in [-0.39, 0.29) is 18.9 Å². The predicted octanol–water partition coefficient (Wildman–Crippen LogP) is 6.16. The van der Waals surface area contributed by atoms with Crippen molar-refractivity contribution in [3.05, 3.63) is 59.8 Å². The Morgan fingerprint density at radius 2 is 1.76 bits per heavy atom. The van der Waals surface area contributed by atoms with E-state index in [0.29, 0.717) is 29.5 Å². The highest BCUT2D eigenvalue weighted by Gasteiger charge is 2.36. The predicted molar refractivity (Wildman–Crippen MR) is 108 cm³/mol. The summed E-state index contributed by atoms with van der Waals surface area (Å²) in [5.74, 6) is -1.52. The van der Waals surface area contributed by atoms with Gasteiger partial charge >= 0.3 is 0 Å². The highest BCUT2D eigenvalue weighted by Crippen LogP contribution is 2.38. The molecule has 2 aromatic carbocycles. The quantitative estimate of drug-likeness (QED) is 0.498. The molecule has 0 spiro atoms. The fourth-order valence-electron chi connectivity index (χ4n) is 3.50. The van der Waals surface area contributed by atoms with Crippen molar-refractivity contribution in [3.8, 4) is 28.4 Å². The molecule has 152 valence electrons. The van der Waals surface area contributed by atoms with Crippen LogP contribution in [-0.4, -0.2) is 28.9 Å². The summed E-state index contributed by atoms with van der Waals surface area (Å²) in [7, 11) is 1.60. The molecule has 1 aliphatic carbocycles. The van der Waals surface area contributed by atoms with Crippen molar-refractivity contribution in [3.63, 3.8) is 0 Å². The van der Waals surface area contributed by atoms with Crippen LogP contribution in [0.25, 0.3) is 16.8 Å². The summed E-state index contributed by atoms with van der Waals surface area (Å²) < 4.78 is 40.2. The number of benzene rings is 2. The Morgan fingerprint density at radius 3 is 2.45 bits per heavy atom. The Morgan fingerprint density at radius 1 is 1.07 bits per heavy atom. The zero-order chi connectivity index (χ0) is 20.4. The molecule has 0 atom stereocenters. The lowest BCUT2D eigenvalue weighted by Crippen LogP contribution is -2.30. The number of ether oxygens (including phenoxy) is 2. The molecule has 4 rings (SSSR count). The van der Waals surface area contributed by atoms with Crippen LogP contribution in [-0.2, 0) is 0 Å². The lowest BCUT2D eigenvalue weighted by atomic mass is 9.94. The second kappa shape index (κ2) is 8.03. The van der Waals surface area contributed by atoms with Crippen molar-refractivity contribution >= 4 is 11.6 Å². The van der Waals surface area contributed by atoms with E-state index in [0.717, 1.165) is 16.8 Å². The van der Waals surface area contributed by atoms with Crippen LogP contribution in [0.2, 0.25) is 5.02 Å². The van der Waals surface area contributed by atoms with Crippen molar-refractivity contribution in [1.29, 1.82) is 0 Å². The third-order valence-corrected chi connectivity index (χ3v) is 5.36. The first-order valence-corrected chi connectivity index (χ1v) is 9.86. The molecule has 0 bridgehead atoms. The summed E-state index contributed by atoms with van der Waals surface area (Å²) in [6.45, 7) is 0. The second-order valence-corrected chi connectivity index (χ2v) is 7.58. The highest BCUT2D eigenvalue weighted by atomic mass is 35.5. The van der Waals surface area contributed by atoms with E-state index >= 15 is 0 Å². The average molecular weight is 419 g/mol. The molecule has 4 nitrogen and oxygen atoms in total.